The average Bonchev–Trinajstić information content (AvgIpc) is 2.41. The molecule has 0 rings (SSSR count). The summed E-state index contributed by atoms with van der Waals surface area (Å²) in [5, 5.41) is 12.6. The topological polar surface area (TPSA) is 41.5 Å². The van der Waals surface area contributed by atoms with Crippen molar-refractivity contribution < 1.29 is 31.8 Å². The predicted molar refractivity (Wildman–Crippen MR) is 69.5 cm³/mol. The highest BCUT2D eigenvalue weighted by molar-refractivity contribution is 4.85. The number of nitrogens with one attached hydrogen (secondary N) is 1. The molecule has 128 valence electrons. The predicted octanol–water partition coefficient (Wildman–Crippen LogP) is 3.12. The highest BCUT2D eigenvalue weighted by Gasteiger charge is 2.57. The number of ether oxygens (including phenoxy) is 1. The molecule has 0 saturated heterocycles. The Morgan fingerprint density at radius 1 is 1.10 bits per heavy atom. The first-order valence-electron chi connectivity index (χ1n) is 7.02. The Kier molecular flexibility index (Phi) is 8.65. The summed E-state index contributed by atoms with van der Waals surface area (Å²) >= 11 is 0. The summed E-state index contributed by atoms with van der Waals surface area (Å²) in [6.45, 7) is 2.53. The van der Waals surface area contributed by atoms with E-state index in [0.717, 1.165) is 6.42 Å². The molecule has 1 unspecified atom stereocenters. The van der Waals surface area contributed by atoms with Crippen LogP contribution in [0.4, 0.5) is 22.0 Å². The molecule has 21 heavy (non-hydrogen) atoms. The first kappa shape index (κ1) is 20.5. The molecule has 0 aliphatic rings. The lowest BCUT2D eigenvalue weighted by Crippen LogP contribution is -2.48. The van der Waals surface area contributed by atoms with Crippen molar-refractivity contribution in [1.29, 1.82) is 0 Å². The molecule has 1 atom stereocenters. The summed E-state index contributed by atoms with van der Waals surface area (Å²) in [7, 11) is 0. The molecule has 0 fully saturated rings. The summed E-state index contributed by atoms with van der Waals surface area (Å²) in [4.78, 5) is 0. The molecular formula is C13H24F5NO2. The van der Waals surface area contributed by atoms with Crippen LogP contribution in [0, 0.1) is 0 Å². The van der Waals surface area contributed by atoms with Gasteiger partial charge >= 0.3 is 12.1 Å². The molecule has 0 aromatic rings. The largest absolute Gasteiger partial charge is 0.455 e. The molecule has 0 heterocycles. The maximum Gasteiger partial charge on any atom is 0.455 e. The van der Waals surface area contributed by atoms with Crippen LogP contribution in [0.3, 0.4) is 0 Å². The van der Waals surface area contributed by atoms with Crippen molar-refractivity contribution in [3.05, 3.63) is 0 Å². The molecule has 8 heteroatoms. The molecule has 0 aromatic heterocycles. The Hall–Kier alpha value is -0.470. The molecule has 0 amide bonds. The number of aliphatic hydroxyl groups is 1. The van der Waals surface area contributed by atoms with Crippen LogP contribution in [0.1, 0.15) is 39.5 Å². The zero-order valence-corrected chi connectivity index (χ0v) is 12.4. The number of aliphatic hydroxyl groups excluding tert-OH is 1. The van der Waals surface area contributed by atoms with E-state index in [2.05, 4.69) is 10.1 Å². The van der Waals surface area contributed by atoms with Gasteiger partial charge in [-0.1, -0.05) is 13.8 Å². The quantitative estimate of drug-likeness (QED) is 0.454. The van der Waals surface area contributed by atoms with Crippen molar-refractivity contribution >= 4 is 0 Å². The Morgan fingerprint density at radius 3 is 2.14 bits per heavy atom. The maximum atomic E-state index is 12.6. The fourth-order valence-corrected chi connectivity index (χ4v) is 1.82. The van der Waals surface area contributed by atoms with Gasteiger partial charge in [-0.2, -0.15) is 22.0 Å². The summed E-state index contributed by atoms with van der Waals surface area (Å²) in [5.41, 5.74) is -0.536. The second kappa shape index (κ2) is 8.85. The minimum Gasteiger partial charge on any atom is -0.394 e. The van der Waals surface area contributed by atoms with Crippen molar-refractivity contribution in [2.45, 2.75) is 57.2 Å². The van der Waals surface area contributed by atoms with Gasteiger partial charge < -0.3 is 15.2 Å². The molecule has 0 bridgehead atoms. The van der Waals surface area contributed by atoms with Crippen LogP contribution in [-0.2, 0) is 4.74 Å². The Bertz CT molecular complexity index is 280. The van der Waals surface area contributed by atoms with E-state index in [1.54, 1.807) is 0 Å². The van der Waals surface area contributed by atoms with Gasteiger partial charge in [0.25, 0.3) is 0 Å². The average molecular weight is 321 g/mol. The van der Waals surface area contributed by atoms with E-state index in [1.165, 1.54) is 0 Å². The van der Waals surface area contributed by atoms with E-state index in [0.29, 0.717) is 25.8 Å². The highest BCUT2D eigenvalue weighted by Crippen LogP contribution is 2.35. The zero-order valence-electron chi connectivity index (χ0n) is 12.4. The van der Waals surface area contributed by atoms with Crippen LogP contribution in [-0.4, -0.2) is 49.1 Å². The zero-order chi connectivity index (χ0) is 16.6. The SMILES string of the molecule is CCCNC(CC)(CO)CCCOCC(F)(F)C(F)(F)F. The van der Waals surface area contributed by atoms with Gasteiger partial charge in [-0.05, 0) is 32.2 Å². The van der Waals surface area contributed by atoms with Gasteiger partial charge in [-0.15, -0.1) is 0 Å². The molecule has 2 N–H and O–H groups in total. The third-order valence-corrected chi connectivity index (χ3v) is 3.37. The van der Waals surface area contributed by atoms with E-state index in [9.17, 15) is 27.1 Å². The third-order valence-electron chi connectivity index (χ3n) is 3.37. The third kappa shape index (κ3) is 6.88. The van der Waals surface area contributed by atoms with E-state index in [1.807, 2.05) is 13.8 Å². The minimum absolute atomic E-state index is 0.123. The highest BCUT2D eigenvalue weighted by atomic mass is 19.4. The lowest BCUT2D eigenvalue weighted by Gasteiger charge is -2.32. The molecule has 0 radical (unpaired) electrons. The number of hydrogen-bond acceptors (Lipinski definition) is 3. The number of hydrogen-bond donors (Lipinski definition) is 2. The van der Waals surface area contributed by atoms with E-state index < -0.39 is 24.2 Å². The van der Waals surface area contributed by atoms with Crippen molar-refractivity contribution in [3.63, 3.8) is 0 Å². The van der Waals surface area contributed by atoms with Gasteiger partial charge in [0.05, 0.1) is 6.61 Å². The normalized spacial score (nSPS) is 16.0. The van der Waals surface area contributed by atoms with Gasteiger partial charge in [0.2, 0.25) is 0 Å². The first-order valence-corrected chi connectivity index (χ1v) is 7.02. The standard InChI is InChI=1S/C13H24F5NO2/c1-3-7-19-11(4-2,9-20)6-5-8-21-10-12(14,15)13(16,17)18/h19-20H,3-10H2,1-2H3. The van der Waals surface area contributed by atoms with Crippen LogP contribution < -0.4 is 5.32 Å². The van der Waals surface area contributed by atoms with Crippen LogP contribution >= 0.6 is 0 Å². The van der Waals surface area contributed by atoms with Gasteiger partial charge in [0, 0.05) is 12.1 Å². The van der Waals surface area contributed by atoms with Gasteiger partial charge in [0.15, 0.2) is 0 Å². The van der Waals surface area contributed by atoms with E-state index in [-0.39, 0.29) is 13.2 Å². The first-order chi connectivity index (χ1) is 9.64. The van der Waals surface area contributed by atoms with Crippen molar-refractivity contribution in [1.82, 2.24) is 5.32 Å². The molecule has 3 nitrogen and oxygen atoms in total. The van der Waals surface area contributed by atoms with Crippen molar-refractivity contribution in [2.75, 3.05) is 26.4 Å². The number of rotatable bonds is 11. The second-order valence-corrected chi connectivity index (χ2v) is 5.08. The smallest absolute Gasteiger partial charge is 0.394 e. The monoisotopic (exact) mass is 321 g/mol. The van der Waals surface area contributed by atoms with Crippen LogP contribution in [0.15, 0.2) is 0 Å². The second-order valence-electron chi connectivity index (χ2n) is 5.08. The van der Waals surface area contributed by atoms with E-state index in [4.69, 9.17) is 0 Å². The summed E-state index contributed by atoms with van der Waals surface area (Å²) in [5.74, 6) is -4.83. The lowest BCUT2D eigenvalue weighted by molar-refractivity contribution is -0.296. The minimum atomic E-state index is -5.59. The Morgan fingerprint density at radius 2 is 1.71 bits per heavy atom. The van der Waals surface area contributed by atoms with Crippen LogP contribution in [0.25, 0.3) is 0 Å². The lowest BCUT2D eigenvalue weighted by atomic mass is 9.91. The Labute approximate surface area is 121 Å². The number of halogens is 5. The Balaban J connectivity index is 4.12. The van der Waals surface area contributed by atoms with Gasteiger partial charge in [0.1, 0.15) is 6.61 Å². The van der Waals surface area contributed by atoms with Gasteiger partial charge in [-0.25, -0.2) is 0 Å². The summed E-state index contributed by atoms with van der Waals surface area (Å²) in [6.07, 6.45) is -3.36. The molecule has 0 aliphatic heterocycles. The molecular weight excluding hydrogens is 297 g/mol. The molecule has 0 aromatic carbocycles. The van der Waals surface area contributed by atoms with Crippen LogP contribution in [0.5, 0.6) is 0 Å². The fraction of sp³-hybridized carbons (Fsp3) is 1.00. The fourth-order valence-electron chi connectivity index (χ4n) is 1.82. The maximum absolute atomic E-state index is 12.6. The molecule has 0 spiro atoms. The van der Waals surface area contributed by atoms with Crippen molar-refractivity contribution in [3.8, 4) is 0 Å². The number of alkyl halides is 5. The van der Waals surface area contributed by atoms with Crippen molar-refractivity contribution in [2.24, 2.45) is 0 Å². The summed E-state index contributed by atoms with van der Waals surface area (Å²) < 4.78 is 65.3. The molecule has 0 saturated carbocycles. The van der Waals surface area contributed by atoms with E-state index >= 15 is 0 Å². The molecule has 0 aliphatic carbocycles. The van der Waals surface area contributed by atoms with Gasteiger partial charge in [-0.3, -0.25) is 0 Å². The van der Waals surface area contributed by atoms with Crippen LogP contribution in [0.2, 0.25) is 0 Å². The summed E-state index contributed by atoms with van der Waals surface area (Å²) in [6, 6.07) is 0.